The molecule has 1 atom stereocenters. The van der Waals surface area contributed by atoms with Gasteiger partial charge in [-0.3, -0.25) is 4.79 Å². The first-order chi connectivity index (χ1) is 8.20. The van der Waals surface area contributed by atoms with Crippen LogP contribution in [0.4, 0.5) is 0 Å². The molecule has 17 heavy (non-hydrogen) atoms. The zero-order valence-electron chi connectivity index (χ0n) is 10.2. The molecule has 4 nitrogen and oxygen atoms in total. The number of carbonyl (C=O) groups excluding carboxylic acids is 1. The summed E-state index contributed by atoms with van der Waals surface area (Å²) in [5.41, 5.74) is 1.19. The van der Waals surface area contributed by atoms with Crippen LogP contribution in [-0.4, -0.2) is 37.3 Å². The standard InChI is InChI=1S/C13H17NO3/c1-10-13(15)14(9-17-10)8-7-11-3-5-12(16-2)6-4-11/h3-6,10H,7-9H2,1-2H3/t10-/m0/s1. The molecule has 1 fully saturated rings. The maximum absolute atomic E-state index is 11.6. The lowest BCUT2D eigenvalue weighted by atomic mass is 10.1. The summed E-state index contributed by atoms with van der Waals surface area (Å²) in [5.74, 6) is 0.932. The van der Waals surface area contributed by atoms with Gasteiger partial charge >= 0.3 is 0 Å². The molecule has 1 saturated heterocycles. The fraction of sp³-hybridized carbons (Fsp3) is 0.462. The molecular weight excluding hydrogens is 218 g/mol. The number of hydrogen-bond donors (Lipinski definition) is 0. The third kappa shape index (κ3) is 2.77. The van der Waals surface area contributed by atoms with Crippen molar-refractivity contribution in [2.24, 2.45) is 0 Å². The van der Waals surface area contributed by atoms with E-state index in [4.69, 9.17) is 9.47 Å². The van der Waals surface area contributed by atoms with Crippen molar-refractivity contribution >= 4 is 5.91 Å². The van der Waals surface area contributed by atoms with Gasteiger partial charge in [0.2, 0.25) is 0 Å². The quantitative estimate of drug-likeness (QED) is 0.792. The Balaban J connectivity index is 1.87. The third-order valence-electron chi connectivity index (χ3n) is 2.97. The normalized spacial score (nSPS) is 19.8. The molecule has 0 bridgehead atoms. The number of methoxy groups -OCH3 is 1. The lowest BCUT2D eigenvalue weighted by Gasteiger charge is -2.13. The number of rotatable bonds is 4. The van der Waals surface area contributed by atoms with E-state index in [9.17, 15) is 4.79 Å². The molecule has 0 aliphatic carbocycles. The summed E-state index contributed by atoms with van der Waals surface area (Å²) in [6, 6.07) is 7.90. The molecule has 1 amide bonds. The lowest BCUT2D eigenvalue weighted by Crippen LogP contribution is -2.30. The van der Waals surface area contributed by atoms with Gasteiger partial charge in [0.25, 0.3) is 5.91 Å². The van der Waals surface area contributed by atoms with Crippen LogP contribution in [0.2, 0.25) is 0 Å². The molecule has 0 unspecified atom stereocenters. The van der Waals surface area contributed by atoms with Crippen molar-refractivity contribution in [2.75, 3.05) is 20.4 Å². The molecular formula is C13H17NO3. The molecule has 2 rings (SSSR count). The molecule has 0 spiro atoms. The van der Waals surface area contributed by atoms with Crippen molar-refractivity contribution in [2.45, 2.75) is 19.4 Å². The minimum atomic E-state index is -0.286. The van der Waals surface area contributed by atoms with Gasteiger partial charge in [0, 0.05) is 6.54 Å². The highest BCUT2D eigenvalue weighted by Gasteiger charge is 2.27. The van der Waals surface area contributed by atoms with Crippen molar-refractivity contribution in [1.82, 2.24) is 4.90 Å². The summed E-state index contributed by atoms with van der Waals surface area (Å²) >= 11 is 0. The number of hydrogen-bond acceptors (Lipinski definition) is 3. The van der Waals surface area contributed by atoms with Crippen LogP contribution in [0.1, 0.15) is 12.5 Å². The molecule has 0 saturated carbocycles. The Hall–Kier alpha value is -1.55. The molecule has 1 aromatic rings. The van der Waals surface area contributed by atoms with Gasteiger partial charge in [-0.2, -0.15) is 0 Å². The average Bonchev–Trinajstić information content (AvgIpc) is 2.68. The predicted molar refractivity (Wildman–Crippen MR) is 63.8 cm³/mol. The summed E-state index contributed by atoms with van der Waals surface area (Å²) in [5, 5.41) is 0. The number of benzene rings is 1. The van der Waals surface area contributed by atoms with Crippen LogP contribution >= 0.6 is 0 Å². The lowest BCUT2D eigenvalue weighted by molar-refractivity contribution is -0.129. The number of nitrogens with zero attached hydrogens (tertiary/aromatic N) is 1. The Labute approximate surface area is 101 Å². The molecule has 0 N–H and O–H groups in total. The second kappa shape index (κ2) is 5.19. The van der Waals surface area contributed by atoms with Gasteiger partial charge in [-0.25, -0.2) is 0 Å². The molecule has 4 heteroatoms. The summed E-state index contributed by atoms with van der Waals surface area (Å²) in [7, 11) is 1.65. The molecule has 1 aliphatic heterocycles. The van der Waals surface area contributed by atoms with Crippen LogP contribution in [0.15, 0.2) is 24.3 Å². The van der Waals surface area contributed by atoms with Crippen molar-refractivity contribution in [1.29, 1.82) is 0 Å². The van der Waals surface area contributed by atoms with E-state index in [1.807, 2.05) is 24.3 Å². The molecule has 1 aliphatic rings. The second-order valence-corrected chi connectivity index (χ2v) is 4.14. The van der Waals surface area contributed by atoms with Crippen molar-refractivity contribution in [3.8, 4) is 5.75 Å². The number of ether oxygens (including phenoxy) is 2. The Morgan fingerprint density at radius 1 is 1.41 bits per heavy atom. The highest BCUT2D eigenvalue weighted by atomic mass is 16.5. The maximum Gasteiger partial charge on any atom is 0.253 e. The Morgan fingerprint density at radius 3 is 2.65 bits per heavy atom. The summed E-state index contributed by atoms with van der Waals surface area (Å²) in [4.78, 5) is 13.4. The van der Waals surface area contributed by atoms with E-state index in [0.717, 1.165) is 12.2 Å². The molecule has 1 aromatic carbocycles. The monoisotopic (exact) mass is 235 g/mol. The number of carbonyl (C=O) groups is 1. The van der Waals surface area contributed by atoms with Crippen molar-refractivity contribution in [3.63, 3.8) is 0 Å². The van der Waals surface area contributed by atoms with E-state index < -0.39 is 0 Å². The molecule has 1 heterocycles. The van der Waals surface area contributed by atoms with E-state index in [0.29, 0.717) is 13.3 Å². The van der Waals surface area contributed by atoms with Gasteiger partial charge in [0.15, 0.2) is 0 Å². The van der Waals surface area contributed by atoms with E-state index in [2.05, 4.69) is 0 Å². The maximum atomic E-state index is 11.6. The fourth-order valence-corrected chi connectivity index (χ4v) is 1.82. The van der Waals surface area contributed by atoms with Crippen LogP contribution < -0.4 is 4.74 Å². The summed E-state index contributed by atoms with van der Waals surface area (Å²) in [6.45, 7) is 2.90. The SMILES string of the molecule is COc1ccc(CCN2CO[C@@H](C)C2=O)cc1. The van der Waals surface area contributed by atoms with Crippen LogP contribution in [0.3, 0.4) is 0 Å². The van der Waals surface area contributed by atoms with Gasteiger partial charge in [-0.1, -0.05) is 12.1 Å². The Kier molecular flexibility index (Phi) is 3.64. The van der Waals surface area contributed by atoms with Crippen LogP contribution in [-0.2, 0) is 16.0 Å². The molecule has 0 aromatic heterocycles. The predicted octanol–water partition coefficient (Wildman–Crippen LogP) is 1.44. The Bertz CT molecular complexity index is 388. The van der Waals surface area contributed by atoms with Crippen LogP contribution in [0, 0.1) is 0 Å². The van der Waals surface area contributed by atoms with Gasteiger partial charge in [-0.05, 0) is 31.0 Å². The zero-order valence-corrected chi connectivity index (χ0v) is 10.2. The summed E-state index contributed by atoms with van der Waals surface area (Å²) in [6.07, 6.45) is 0.553. The van der Waals surface area contributed by atoms with E-state index in [1.54, 1.807) is 18.9 Å². The number of amides is 1. The van der Waals surface area contributed by atoms with Crippen molar-refractivity contribution < 1.29 is 14.3 Å². The van der Waals surface area contributed by atoms with E-state index in [-0.39, 0.29) is 12.0 Å². The first kappa shape index (κ1) is 11.9. The smallest absolute Gasteiger partial charge is 0.253 e. The van der Waals surface area contributed by atoms with Gasteiger partial charge < -0.3 is 14.4 Å². The first-order valence-corrected chi connectivity index (χ1v) is 5.74. The third-order valence-corrected chi connectivity index (χ3v) is 2.97. The highest BCUT2D eigenvalue weighted by Crippen LogP contribution is 2.14. The van der Waals surface area contributed by atoms with Crippen molar-refractivity contribution in [3.05, 3.63) is 29.8 Å². The van der Waals surface area contributed by atoms with E-state index >= 15 is 0 Å². The highest BCUT2D eigenvalue weighted by molar-refractivity contribution is 5.81. The zero-order chi connectivity index (χ0) is 12.3. The molecule has 92 valence electrons. The molecule has 0 radical (unpaired) electrons. The minimum absolute atomic E-state index is 0.0820. The average molecular weight is 235 g/mol. The van der Waals surface area contributed by atoms with E-state index in [1.165, 1.54) is 5.56 Å². The largest absolute Gasteiger partial charge is 0.497 e. The van der Waals surface area contributed by atoms with Crippen LogP contribution in [0.25, 0.3) is 0 Å². The Morgan fingerprint density at radius 2 is 2.12 bits per heavy atom. The van der Waals surface area contributed by atoms with Gasteiger partial charge in [-0.15, -0.1) is 0 Å². The van der Waals surface area contributed by atoms with Gasteiger partial charge in [0.05, 0.1) is 7.11 Å². The second-order valence-electron chi connectivity index (χ2n) is 4.14. The minimum Gasteiger partial charge on any atom is -0.497 e. The topological polar surface area (TPSA) is 38.8 Å². The fourth-order valence-electron chi connectivity index (χ4n) is 1.82. The first-order valence-electron chi connectivity index (χ1n) is 5.74. The van der Waals surface area contributed by atoms with Crippen LogP contribution in [0.5, 0.6) is 5.75 Å². The van der Waals surface area contributed by atoms with Gasteiger partial charge in [0.1, 0.15) is 18.6 Å². The summed E-state index contributed by atoms with van der Waals surface area (Å²) < 4.78 is 10.4.